The summed E-state index contributed by atoms with van der Waals surface area (Å²) in [5.41, 5.74) is 3.45. The maximum Gasteiger partial charge on any atom is 0.236 e. The molecule has 0 atom stereocenters. The van der Waals surface area contributed by atoms with E-state index in [1.54, 1.807) is 5.56 Å². The van der Waals surface area contributed by atoms with Crippen molar-refractivity contribution in [2.45, 2.75) is 78.1 Å². The van der Waals surface area contributed by atoms with E-state index in [2.05, 4.69) is 59.7 Å². The van der Waals surface area contributed by atoms with Crippen molar-refractivity contribution in [3.05, 3.63) is 29.8 Å². The normalized spacial score (nSPS) is 26.1. The molecule has 0 spiro atoms. The molecule has 2 heterocycles. The molecule has 1 saturated carbocycles. The number of piperazine rings is 1. The lowest BCUT2D eigenvalue weighted by atomic mass is 9.68. The number of carbonyl (C=O) groups is 1. The molecule has 4 nitrogen and oxygen atoms in total. The van der Waals surface area contributed by atoms with Crippen molar-refractivity contribution in [3.63, 3.8) is 0 Å². The summed E-state index contributed by atoms with van der Waals surface area (Å²) < 4.78 is 0. The standard InChI is InChI=1S/C28H45N3O/c1-28(2,3)24-14-12-23(13-15-24)25-10-6-7-11-26(25)30-20-18-29(19-21-30)22-27(32)31-16-8-4-5-9-17-31/h6-7,10-11,23-24H,4-5,8-9,12-22H2,1-3H3. The van der Waals surface area contributed by atoms with Gasteiger partial charge in [0.25, 0.3) is 0 Å². The molecule has 0 unspecified atom stereocenters. The molecule has 32 heavy (non-hydrogen) atoms. The van der Waals surface area contributed by atoms with Crippen LogP contribution in [-0.2, 0) is 4.79 Å². The van der Waals surface area contributed by atoms with Crippen LogP contribution in [0, 0.1) is 11.3 Å². The molecule has 0 radical (unpaired) electrons. The van der Waals surface area contributed by atoms with Gasteiger partial charge in [-0.05, 0) is 67.4 Å². The molecule has 3 aliphatic rings. The smallest absolute Gasteiger partial charge is 0.236 e. The summed E-state index contributed by atoms with van der Waals surface area (Å²) in [5.74, 6) is 1.90. The monoisotopic (exact) mass is 439 g/mol. The predicted molar refractivity (Wildman–Crippen MR) is 134 cm³/mol. The van der Waals surface area contributed by atoms with Gasteiger partial charge in [0.05, 0.1) is 6.54 Å². The number of benzene rings is 1. The van der Waals surface area contributed by atoms with Crippen molar-refractivity contribution < 1.29 is 4.79 Å². The molecule has 1 aliphatic carbocycles. The molecule has 1 amide bonds. The van der Waals surface area contributed by atoms with Crippen LogP contribution in [0.3, 0.4) is 0 Å². The van der Waals surface area contributed by atoms with E-state index < -0.39 is 0 Å². The predicted octanol–water partition coefficient (Wildman–Crippen LogP) is 5.53. The van der Waals surface area contributed by atoms with Gasteiger partial charge in [-0.1, -0.05) is 51.8 Å². The van der Waals surface area contributed by atoms with Crippen molar-refractivity contribution in [1.82, 2.24) is 9.80 Å². The summed E-state index contributed by atoms with van der Waals surface area (Å²) in [4.78, 5) is 19.9. The zero-order chi connectivity index (χ0) is 22.6. The number of hydrogen-bond acceptors (Lipinski definition) is 3. The Kier molecular flexibility index (Phi) is 7.81. The highest BCUT2D eigenvalue weighted by molar-refractivity contribution is 5.78. The van der Waals surface area contributed by atoms with Gasteiger partial charge in [0.2, 0.25) is 5.91 Å². The Morgan fingerprint density at radius 2 is 1.47 bits per heavy atom. The van der Waals surface area contributed by atoms with Crippen molar-refractivity contribution in [3.8, 4) is 0 Å². The first-order valence-electron chi connectivity index (χ1n) is 13.3. The second-order valence-electron chi connectivity index (χ2n) is 11.5. The minimum atomic E-state index is 0.344. The van der Waals surface area contributed by atoms with Gasteiger partial charge in [-0.15, -0.1) is 0 Å². The Bertz CT molecular complexity index is 731. The molecule has 3 fully saturated rings. The molecule has 4 rings (SSSR count). The quantitative estimate of drug-likeness (QED) is 0.617. The fourth-order valence-electron chi connectivity index (χ4n) is 6.15. The number of para-hydroxylation sites is 1. The molecule has 4 heteroatoms. The number of anilines is 1. The number of rotatable bonds is 4. The van der Waals surface area contributed by atoms with Crippen LogP contribution in [0.1, 0.15) is 83.6 Å². The molecule has 0 aromatic heterocycles. The second kappa shape index (κ2) is 10.6. The van der Waals surface area contributed by atoms with Crippen LogP contribution < -0.4 is 4.90 Å². The summed E-state index contributed by atoms with van der Waals surface area (Å²) in [5, 5.41) is 0. The lowest BCUT2D eigenvalue weighted by molar-refractivity contribution is -0.132. The largest absolute Gasteiger partial charge is 0.369 e. The number of hydrogen-bond donors (Lipinski definition) is 0. The average Bonchev–Trinajstić information content (AvgIpc) is 3.09. The fourth-order valence-corrected chi connectivity index (χ4v) is 6.15. The van der Waals surface area contributed by atoms with Gasteiger partial charge in [-0.3, -0.25) is 9.69 Å². The molecule has 178 valence electrons. The summed E-state index contributed by atoms with van der Waals surface area (Å²) >= 11 is 0. The van der Waals surface area contributed by atoms with Crippen molar-refractivity contribution in [1.29, 1.82) is 0 Å². The molecule has 2 aliphatic heterocycles. The van der Waals surface area contributed by atoms with Gasteiger partial charge in [0.1, 0.15) is 0 Å². The van der Waals surface area contributed by atoms with E-state index in [1.807, 2.05) is 0 Å². The third-order valence-corrected chi connectivity index (χ3v) is 8.36. The minimum absolute atomic E-state index is 0.344. The van der Waals surface area contributed by atoms with E-state index in [-0.39, 0.29) is 0 Å². The lowest BCUT2D eigenvalue weighted by Crippen LogP contribution is -2.50. The highest BCUT2D eigenvalue weighted by Crippen LogP contribution is 2.45. The Balaban J connectivity index is 1.32. The maximum absolute atomic E-state index is 12.8. The summed E-state index contributed by atoms with van der Waals surface area (Å²) in [6.07, 6.45) is 10.3. The molecular formula is C28H45N3O. The van der Waals surface area contributed by atoms with E-state index in [0.717, 1.165) is 45.2 Å². The van der Waals surface area contributed by atoms with Crippen LogP contribution in [0.2, 0.25) is 0 Å². The summed E-state index contributed by atoms with van der Waals surface area (Å²) in [6.45, 7) is 13.8. The van der Waals surface area contributed by atoms with Gasteiger partial charge in [-0.2, -0.15) is 0 Å². The minimum Gasteiger partial charge on any atom is -0.369 e. The Morgan fingerprint density at radius 3 is 2.09 bits per heavy atom. The van der Waals surface area contributed by atoms with Gasteiger partial charge in [-0.25, -0.2) is 0 Å². The first kappa shape index (κ1) is 23.6. The van der Waals surface area contributed by atoms with E-state index in [4.69, 9.17) is 0 Å². The van der Waals surface area contributed by atoms with Crippen LogP contribution >= 0.6 is 0 Å². The van der Waals surface area contributed by atoms with E-state index in [0.29, 0.717) is 23.8 Å². The third kappa shape index (κ3) is 5.87. The topological polar surface area (TPSA) is 26.8 Å². The average molecular weight is 440 g/mol. The SMILES string of the molecule is CC(C)(C)C1CCC(c2ccccc2N2CCN(CC(=O)N3CCCCCC3)CC2)CC1. The zero-order valence-electron chi connectivity index (χ0n) is 20.8. The van der Waals surface area contributed by atoms with Crippen LogP contribution in [0.4, 0.5) is 5.69 Å². The van der Waals surface area contributed by atoms with Crippen LogP contribution in [0.25, 0.3) is 0 Å². The third-order valence-electron chi connectivity index (χ3n) is 8.36. The molecule has 1 aromatic rings. The fraction of sp³-hybridized carbons (Fsp3) is 0.750. The maximum atomic E-state index is 12.8. The number of carbonyl (C=O) groups excluding carboxylic acids is 1. The van der Waals surface area contributed by atoms with Crippen LogP contribution in [0.15, 0.2) is 24.3 Å². The Labute approximate surface area is 196 Å². The van der Waals surface area contributed by atoms with Gasteiger partial charge in [0, 0.05) is 45.0 Å². The number of amides is 1. The number of nitrogens with zero attached hydrogens (tertiary/aromatic N) is 3. The van der Waals surface area contributed by atoms with Gasteiger partial charge in [0.15, 0.2) is 0 Å². The first-order valence-corrected chi connectivity index (χ1v) is 13.3. The number of likely N-dealkylation sites (tertiary alicyclic amines) is 1. The van der Waals surface area contributed by atoms with Crippen molar-refractivity contribution in [2.24, 2.45) is 11.3 Å². The molecule has 2 saturated heterocycles. The van der Waals surface area contributed by atoms with E-state index in [9.17, 15) is 4.79 Å². The van der Waals surface area contributed by atoms with E-state index >= 15 is 0 Å². The van der Waals surface area contributed by atoms with Crippen LogP contribution in [-0.4, -0.2) is 61.5 Å². The second-order valence-corrected chi connectivity index (χ2v) is 11.5. The van der Waals surface area contributed by atoms with Crippen molar-refractivity contribution >= 4 is 11.6 Å². The highest BCUT2D eigenvalue weighted by atomic mass is 16.2. The summed E-state index contributed by atoms with van der Waals surface area (Å²) in [6, 6.07) is 9.15. The van der Waals surface area contributed by atoms with Gasteiger partial charge >= 0.3 is 0 Å². The molecule has 0 N–H and O–H groups in total. The molecule has 0 bridgehead atoms. The van der Waals surface area contributed by atoms with Crippen molar-refractivity contribution in [2.75, 3.05) is 50.7 Å². The molecule has 1 aromatic carbocycles. The Hall–Kier alpha value is -1.55. The van der Waals surface area contributed by atoms with Gasteiger partial charge < -0.3 is 9.80 Å². The lowest BCUT2D eigenvalue weighted by Gasteiger charge is -2.40. The summed E-state index contributed by atoms with van der Waals surface area (Å²) in [7, 11) is 0. The first-order chi connectivity index (χ1) is 15.4. The highest BCUT2D eigenvalue weighted by Gasteiger charge is 2.32. The zero-order valence-corrected chi connectivity index (χ0v) is 20.8. The van der Waals surface area contributed by atoms with E-state index in [1.165, 1.54) is 57.1 Å². The van der Waals surface area contributed by atoms with Crippen LogP contribution in [0.5, 0.6) is 0 Å². The Morgan fingerprint density at radius 1 is 0.844 bits per heavy atom. The molecular weight excluding hydrogens is 394 g/mol.